The second-order valence-corrected chi connectivity index (χ2v) is 3.82. The van der Waals surface area contributed by atoms with Gasteiger partial charge in [0, 0.05) is 19.0 Å². The minimum Gasteiger partial charge on any atom is -0.458 e. The molecule has 0 atom stereocenters. The number of carbonyl (C=O) groups excluding carboxylic acids is 1. The van der Waals surface area contributed by atoms with Gasteiger partial charge in [0.05, 0.1) is 0 Å². The van der Waals surface area contributed by atoms with Crippen LogP contribution in [0.3, 0.4) is 0 Å². The monoisotopic (exact) mass is 195 g/mol. The van der Waals surface area contributed by atoms with Crippen LogP contribution >= 0.6 is 0 Å². The van der Waals surface area contributed by atoms with E-state index in [1.165, 1.54) is 6.92 Å². The van der Waals surface area contributed by atoms with Crippen molar-refractivity contribution in [2.24, 2.45) is 0 Å². The molecule has 0 N–H and O–H groups in total. The summed E-state index contributed by atoms with van der Waals surface area (Å²) in [4.78, 5) is 13.3. The van der Waals surface area contributed by atoms with Crippen LogP contribution in [-0.2, 0) is 6.42 Å². The number of nitrogens with zero attached hydrogens (tertiary/aromatic N) is 1. The number of rotatable bonds is 4. The first kappa shape index (κ1) is 11.0. The van der Waals surface area contributed by atoms with E-state index in [1.807, 2.05) is 27.1 Å². The van der Waals surface area contributed by atoms with Crippen molar-refractivity contribution in [1.29, 1.82) is 0 Å². The Morgan fingerprint density at radius 3 is 2.64 bits per heavy atom. The van der Waals surface area contributed by atoms with E-state index in [1.54, 1.807) is 0 Å². The zero-order valence-electron chi connectivity index (χ0n) is 9.26. The molecular weight excluding hydrogens is 178 g/mol. The van der Waals surface area contributed by atoms with Crippen LogP contribution in [0.25, 0.3) is 0 Å². The molecule has 0 fully saturated rings. The van der Waals surface area contributed by atoms with Gasteiger partial charge in [-0.25, -0.2) is 0 Å². The molecule has 0 aliphatic heterocycles. The summed E-state index contributed by atoms with van der Waals surface area (Å²) in [6.45, 7) is 4.34. The number of hydrogen-bond acceptors (Lipinski definition) is 3. The zero-order valence-corrected chi connectivity index (χ0v) is 9.26. The topological polar surface area (TPSA) is 33.5 Å². The number of carbonyl (C=O) groups is 1. The first-order valence-corrected chi connectivity index (χ1v) is 4.75. The second-order valence-electron chi connectivity index (χ2n) is 3.82. The van der Waals surface area contributed by atoms with Gasteiger partial charge in [-0.3, -0.25) is 4.79 Å². The molecule has 0 spiro atoms. The van der Waals surface area contributed by atoms with Crippen molar-refractivity contribution in [2.45, 2.75) is 20.3 Å². The van der Waals surface area contributed by atoms with Gasteiger partial charge in [-0.1, -0.05) is 0 Å². The maximum atomic E-state index is 11.2. The van der Waals surface area contributed by atoms with Crippen molar-refractivity contribution in [3.63, 3.8) is 0 Å². The summed E-state index contributed by atoms with van der Waals surface area (Å²) < 4.78 is 5.34. The van der Waals surface area contributed by atoms with Crippen molar-refractivity contribution < 1.29 is 9.21 Å². The minimum atomic E-state index is 0.00635. The van der Waals surface area contributed by atoms with Gasteiger partial charge in [0.2, 0.25) is 0 Å². The van der Waals surface area contributed by atoms with Gasteiger partial charge in [-0.2, -0.15) is 0 Å². The standard InChI is InChI=1S/C11H17NO2/c1-8-7-10(5-6-12(3)4)11(14-8)9(2)13/h7H,5-6H2,1-4H3. The molecule has 1 heterocycles. The maximum Gasteiger partial charge on any atom is 0.195 e. The molecule has 1 aromatic rings. The Bertz CT molecular complexity index is 326. The van der Waals surface area contributed by atoms with Crippen molar-refractivity contribution in [3.8, 4) is 0 Å². The lowest BCUT2D eigenvalue weighted by Crippen LogP contribution is -2.15. The SMILES string of the molecule is CC(=O)c1oc(C)cc1CCN(C)C. The number of Topliss-reactive ketones (excluding diaryl/α,β-unsaturated/α-hetero) is 1. The van der Waals surface area contributed by atoms with E-state index in [0.29, 0.717) is 5.76 Å². The van der Waals surface area contributed by atoms with Crippen LogP contribution in [0.4, 0.5) is 0 Å². The Labute approximate surface area is 84.7 Å². The van der Waals surface area contributed by atoms with Gasteiger partial charge >= 0.3 is 0 Å². The predicted octanol–water partition coefficient (Wildman–Crippen LogP) is 1.89. The van der Waals surface area contributed by atoms with Crippen LogP contribution in [0.2, 0.25) is 0 Å². The minimum absolute atomic E-state index is 0.00635. The van der Waals surface area contributed by atoms with Crippen molar-refractivity contribution in [2.75, 3.05) is 20.6 Å². The largest absolute Gasteiger partial charge is 0.458 e. The lowest BCUT2D eigenvalue weighted by atomic mass is 10.1. The number of hydrogen-bond donors (Lipinski definition) is 0. The molecule has 0 saturated carbocycles. The molecule has 0 bridgehead atoms. The second kappa shape index (κ2) is 4.42. The lowest BCUT2D eigenvalue weighted by molar-refractivity contribution is 0.0984. The average molecular weight is 195 g/mol. The molecule has 3 heteroatoms. The number of furan rings is 1. The molecule has 0 saturated heterocycles. The van der Waals surface area contributed by atoms with E-state index in [-0.39, 0.29) is 5.78 Å². The van der Waals surface area contributed by atoms with E-state index in [9.17, 15) is 4.79 Å². The highest BCUT2D eigenvalue weighted by Crippen LogP contribution is 2.16. The Morgan fingerprint density at radius 1 is 1.50 bits per heavy atom. The summed E-state index contributed by atoms with van der Waals surface area (Å²) in [7, 11) is 4.03. The van der Waals surface area contributed by atoms with Gasteiger partial charge in [0.25, 0.3) is 0 Å². The maximum absolute atomic E-state index is 11.2. The predicted molar refractivity (Wildman–Crippen MR) is 55.7 cm³/mol. The molecule has 0 unspecified atom stereocenters. The van der Waals surface area contributed by atoms with Crippen LogP contribution in [0.1, 0.15) is 28.8 Å². The summed E-state index contributed by atoms with van der Waals surface area (Å²) in [5.41, 5.74) is 1.02. The van der Waals surface area contributed by atoms with Gasteiger partial charge in [-0.15, -0.1) is 0 Å². The fraction of sp³-hybridized carbons (Fsp3) is 0.545. The van der Waals surface area contributed by atoms with Crippen LogP contribution in [-0.4, -0.2) is 31.3 Å². The lowest BCUT2D eigenvalue weighted by Gasteiger charge is -2.07. The van der Waals surface area contributed by atoms with E-state index < -0.39 is 0 Å². The van der Waals surface area contributed by atoms with Crippen LogP contribution < -0.4 is 0 Å². The molecule has 3 nitrogen and oxygen atoms in total. The summed E-state index contributed by atoms with van der Waals surface area (Å²) in [5.74, 6) is 1.33. The van der Waals surface area contributed by atoms with Crippen LogP contribution in [0, 0.1) is 6.92 Å². The molecule has 0 aliphatic carbocycles. The van der Waals surface area contributed by atoms with Gasteiger partial charge in [0.15, 0.2) is 11.5 Å². The summed E-state index contributed by atoms with van der Waals surface area (Å²) in [6, 6.07) is 1.94. The van der Waals surface area contributed by atoms with Gasteiger partial charge in [-0.05, 0) is 33.5 Å². The Kier molecular flexibility index (Phi) is 3.47. The highest BCUT2D eigenvalue weighted by atomic mass is 16.3. The smallest absolute Gasteiger partial charge is 0.195 e. The molecule has 1 rings (SSSR count). The van der Waals surface area contributed by atoms with E-state index >= 15 is 0 Å². The van der Waals surface area contributed by atoms with Crippen LogP contribution in [0.15, 0.2) is 10.5 Å². The number of aryl methyl sites for hydroxylation is 1. The van der Waals surface area contributed by atoms with Crippen molar-refractivity contribution in [3.05, 3.63) is 23.2 Å². The summed E-state index contributed by atoms with van der Waals surface area (Å²) in [6.07, 6.45) is 0.860. The molecule has 14 heavy (non-hydrogen) atoms. The first-order valence-electron chi connectivity index (χ1n) is 4.75. The molecule has 0 radical (unpaired) electrons. The number of ketones is 1. The Balaban J connectivity index is 2.79. The van der Waals surface area contributed by atoms with Crippen molar-refractivity contribution >= 4 is 5.78 Å². The summed E-state index contributed by atoms with van der Waals surface area (Å²) >= 11 is 0. The van der Waals surface area contributed by atoms with Crippen molar-refractivity contribution in [1.82, 2.24) is 4.90 Å². The fourth-order valence-electron chi connectivity index (χ4n) is 1.39. The Morgan fingerprint density at radius 2 is 2.14 bits per heavy atom. The van der Waals surface area contributed by atoms with E-state index in [4.69, 9.17) is 4.42 Å². The van der Waals surface area contributed by atoms with Crippen LogP contribution in [0.5, 0.6) is 0 Å². The quantitative estimate of drug-likeness (QED) is 0.688. The third-order valence-electron chi connectivity index (χ3n) is 2.08. The Hall–Kier alpha value is -1.09. The summed E-state index contributed by atoms with van der Waals surface area (Å²) in [5, 5.41) is 0. The third kappa shape index (κ3) is 2.70. The first-order chi connectivity index (χ1) is 6.50. The highest BCUT2D eigenvalue weighted by molar-refractivity contribution is 5.92. The molecule has 0 aliphatic rings. The zero-order chi connectivity index (χ0) is 10.7. The number of likely N-dealkylation sites (N-methyl/N-ethyl adjacent to an activating group) is 1. The third-order valence-corrected chi connectivity index (χ3v) is 2.08. The molecule has 78 valence electrons. The fourth-order valence-corrected chi connectivity index (χ4v) is 1.39. The normalized spacial score (nSPS) is 10.9. The van der Waals surface area contributed by atoms with E-state index in [0.717, 1.165) is 24.3 Å². The van der Waals surface area contributed by atoms with E-state index in [2.05, 4.69) is 4.90 Å². The molecule has 1 aromatic heterocycles. The van der Waals surface area contributed by atoms with Gasteiger partial charge in [0.1, 0.15) is 5.76 Å². The molecule has 0 amide bonds. The van der Waals surface area contributed by atoms with Gasteiger partial charge < -0.3 is 9.32 Å². The molecular formula is C11H17NO2. The average Bonchev–Trinajstić information content (AvgIpc) is 2.43. The highest BCUT2D eigenvalue weighted by Gasteiger charge is 2.12. The molecule has 0 aromatic carbocycles.